The Morgan fingerprint density at radius 1 is 1.16 bits per heavy atom. The number of anilines is 1. The van der Waals surface area contributed by atoms with Crippen LogP contribution in [0.1, 0.15) is 56.1 Å². The smallest absolute Gasteiger partial charge is 0.235 e. The van der Waals surface area contributed by atoms with E-state index < -0.39 is 0 Å². The van der Waals surface area contributed by atoms with Gasteiger partial charge in [-0.15, -0.1) is 0 Å². The van der Waals surface area contributed by atoms with Gasteiger partial charge >= 0.3 is 0 Å². The van der Waals surface area contributed by atoms with E-state index in [1.54, 1.807) is 11.3 Å². The van der Waals surface area contributed by atoms with Crippen molar-refractivity contribution in [2.75, 3.05) is 11.4 Å². The standard InChI is InChI=1S/C26H32N4OS/c1-17-8-18(2)23-22(9-17)28-25(32-23)30(6-3-5-29-7-4-27-16-29)24(31)26-13-19-10-20(14-26)12-21(11-19)15-26/h4,7-9,16,19-21H,3,5-6,10-15H2,1-2H3. The van der Waals surface area contributed by atoms with Crippen LogP contribution in [0.5, 0.6) is 0 Å². The second-order valence-corrected chi connectivity index (χ2v) is 11.7. The zero-order valence-electron chi connectivity index (χ0n) is 19.1. The monoisotopic (exact) mass is 448 g/mol. The maximum absolute atomic E-state index is 14.3. The first kappa shape index (κ1) is 20.4. The number of rotatable bonds is 6. The van der Waals surface area contributed by atoms with Gasteiger partial charge in [0.2, 0.25) is 5.91 Å². The van der Waals surface area contributed by atoms with Crippen molar-refractivity contribution in [1.82, 2.24) is 14.5 Å². The summed E-state index contributed by atoms with van der Waals surface area (Å²) in [4.78, 5) is 25.5. The lowest BCUT2D eigenvalue weighted by atomic mass is 9.49. The summed E-state index contributed by atoms with van der Waals surface area (Å²) in [7, 11) is 0. The molecule has 4 saturated carbocycles. The number of carbonyl (C=O) groups is 1. The van der Waals surface area contributed by atoms with E-state index in [0.29, 0.717) is 5.91 Å². The second kappa shape index (κ2) is 7.68. The summed E-state index contributed by atoms with van der Waals surface area (Å²) in [6.45, 7) is 5.86. The Hall–Kier alpha value is -2.21. The quantitative estimate of drug-likeness (QED) is 0.482. The summed E-state index contributed by atoms with van der Waals surface area (Å²) in [6, 6.07) is 4.37. The number of aryl methyl sites for hydroxylation is 3. The average molecular weight is 449 g/mol. The summed E-state index contributed by atoms with van der Waals surface area (Å²) in [6.07, 6.45) is 13.9. The van der Waals surface area contributed by atoms with Crippen LogP contribution in [0.2, 0.25) is 0 Å². The molecule has 4 aliphatic carbocycles. The highest BCUT2D eigenvalue weighted by Gasteiger charge is 2.55. The van der Waals surface area contributed by atoms with Gasteiger partial charge in [0.15, 0.2) is 5.13 Å². The first-order valence-corrected chi connectivity index (χ1v) is 13.0. The number of aromatic nitrogens is 3. The topological polar surface area (TPSA) is 51.0 Å². The molecule has 0 atom stereocenters. The molecule has 2 heterocycles. The minimum atomic E-state index is -0.146. The Bertz CT molecular complexity index is 1110. The van der Waals surface area contributed by atoms with Gasteiger partial charge in [-0.25, -0.2) is 9.97 Å². The van der Waals surface area contributed by atoms with Gasteiger partial charge in [-0.05, 0) is 93.7 Å². The molecule has 1 aromatic carbocycles. The Labute approximate surface area is 193 Å². The molecule has 0 saturated heterocycles. The molecule has 168 valence electrons. The Morgan fingerprint density at radius 2 is 1.88 bits per heavy atom. The van der Waals surface area contributed by atoms with Gasteiger partial charge in [0.25, 0.3) is 0 Å². The Morgan fingerprint density at radius 3 is 2.53 bits per heavy atom. The largest absolute Gasteiger partial charge is 0.337 e. The van der Waals surface area contributed by atoms with E-state index in [9.17, 15) is 4.79 Å². The van der Waals surface area contributed by atoms with Gasteiger partial charge in [0, 0.05) is 25.5 Å². The highest BCUT2D eigenvalue weighted by atomic mass is 32.1. The number of imidazole rings is 1. The van der Waals surface area contributed by atoms with E-state index in [0.717, 1.165) is 67.2 Å². The molecular weight excluding hydrogens is 416 g/mol. The number of hydrogen-bond acceptors (Lipinski definition) is 4. The number of hydrogen-bond donors (Lipinski definition) is 0. The van der Waals surface area contributed by atoms with Crippen molar-refractivity contribution < 1.29 is 4.79 Å². The van der Waals surface area contributed by atoms with Crippen LogP contribution in [0.15, 0.2) is 30.9 Å². The SMILES string of the molecule is Cc1cc(C)c2sc(N(CCCn3ccnc3)C(=O)C34CC5CC(CC(C5)C3)C4)nc2c1. The van der Waals surface area contributed by atoms with Gasteiger partial charge < -0.3 is 4.57 Å². The van der Waals surface area contributed by atoms with Crippen molar-refractivity contribution in [3.63, 3.8) is 0 Å². The van der Waals surface area contributed by atoms with Gasteiger partial charge in [-0.2, -0.15) is 0 Å². The zero-order chi connectivity index (χ0) is 21.9. The van der Waals surface area contributed by atoms with E-state index in [1.807, 2.05) is 18.7 Å². The molecule has 0 spiro atoms. The van der Waals surface area contributed by atoms with Gasteiger partial charge in [0.05, 0.1) is 22.0 Å². The number of benzene rings is 1. The maximum atomic E-state index is 14.3. The van der Waals surface area contributed by atoms with Crippen molar-refractivity contribution in [1.29, 1.82) is 0 Å². The van der Waals surface area contributed by atoms with Crippen LogP contribution in [-0.2, 0) is 11.3 Å². The van der Waals surface area contributed by atoms with Crippen LogP contribution in [-0.4, -0.2) is 27.0 Å². The maximum Gasteiger partial charge on any atom is 0.235 e. The minimum Gasteiger partial charge on any atom is -0.337 e. The van der Waals surface area contributed by atoms with Gasteiger partial charge in [0.1, 0.15) is 0 Å². The summed E-state index contributed by atoms with van der Waals surface area (Å²) in [5, 5.41) is 0.889. The van der Waals surface area contributed by atoms with Crippen molar-refractivity contribution in [3.8, 4) is 0 Å². The van der Waals surface area contributed by atoms with E-state index in [2.05, 4.69) is 40.4 Å². The van der Waals surface area contributed by atoms with Crippen molar-refractivity contribution in [2.24, 2.45) is 23.2 Å². The van der Waals surface area contributed by atoms with Crippen LogP contribution >= 0.6 is 11.3 Å². The fourth-order valence-electron chi connectivity index (χ4n) is 7.25. The first-order valence-electron chi connectivity index (χ1n) is 12.1. The van der Waals surface area contributed by atoms with E-state index >= 15 is 0 Å². The third-order valence-corrected chi connectivity index (χ3v) is 9.36. The first-order chi connectivity index (χ1) is 15.5. The van der Waals surface area contributed by atoms with Crippen molar-refractivity contribution >= 4 is 32.6 Å². The third-order valence-electron chi connectivity index (χ3n) is 8.13. The number of amides is 1. The van der Waals surface area contributed by atoms with Crippen LogP contribution in [0.4, 0.5) is 5.13 Å². The molecular formula is C26H32N4OS. The number of fused-ring (bicyclic) bond motifs is 1. The summed E-state index contributed by atoms with van der Waals surface area (Å²) < 4.78 is 3.31. The minimum absolute atomic E-state index is 0.146. The molecule has 5 nitrogen and oxygen atoms in total. The molecule has 1 amide bonds. The van der Waals surface area contributed by atoms with Crippen LogP contribution in [0.25, 0.3) is 10.2 Å². The highest BCUT2D eigenvalue weighted by molar-refractivity contribution is 7.22. The molecule has 4 aliphatic rings. The summed E-state index contributed by atoms with van der Waals surface area (Å²) >= 11 is 1.70. The molecule has 2 aromatic heterocycles. The summed E-state index contributed by atoms with van der Waals surface area (Å²) in [5.41, 5.74) is 3.36. The number of carbonyl (C=O) groups excluding carboxylic acids is 1. The van der Waals surface area contributed by atoms with Crippen LogP contribution < -0.4 is 4.90 Å². The molecule has 0 aliphatic heterocycles. The third kappa shape index (κ3) is 3.47. The molecule has 0 unspecified atom stereocenters. The predicted molar refractivity (Wildman–Crippen MR) is 129 cm³/mol. The van der Waals surface area contributed by atoms with E-state index in [1.165, 1.54) is 35.1 Å². The van der Waals surface area contributed by atoms with E-state index in [4.69, 9.17) is 4.98 Å². The molecule has 32 heavy (non-hydrogen) atoms. The Balaban J connectivity index is 1.33. The molecule has 6 heteroatoms. The molecule has 3 aromatic rings. The molecule has 0 N–H and O–H groups in total. The van der Waals surface area contributed by atoms with E-state index in [-0.39, 0.29) is 5.41 Å². The lowest BCUT2D eigenvalue weighted by Crippen LogP contribution is -2.55. The average Bonchev–Trinajstić information content (AvgIpc) is 3.39. The normalized spacial score (nSPS) is 28.5. The molecule has 4 bridgehead atoms. The molecule has 0 radical (unpaired) electrons. The fraction of sp³-hybridized carbons (Fsp3) is 0.577. The molecule has 7 rings (SSSR count). The van der Waals surface area contributed by atoms with Crippen LogP contribution in [0.3, 0.4) is 0 Å². The highest BCUT2D eigenvalue weighted by Crippen LogP contribution is 2.60. The zero-order valence-corrected chi connectivity index (χ0v) is 19.9. The van der Waals surface area contributed by atoms with Crippen LogP contribution in [0, 0.1) is 37.0 Å². The lowest BCUT2D eigenvalue weighted by molar-refractivity contribution is -0.143. The van der Waals surface area contributed by atoms with Gasteiger partial charge in [-0.3, -0.25) is 9.69 Å². The summed E-state index contributed by atoms with van der Waals surface area (Å²) in [5.74, 6) is 2.64. The Kier molecular flexibility index (Phi) is 4.90. The number of nitrogens with zero attached hydrogens (tertiary/aromatic N) is 4. The van der Waals surface area contributed by atoms with Crippen molar-refractivity contribution in [3.05, 3.63) is 42.0 Å². The predicted octanol–water partition coefficient (Wildman–Crippen LogP) is 5.75. The lowest BCUT2D eigenvalue weighted by Gasteiger charge is -2.56. The van der Waals surface area contributed by atoms with Crippen molar-refractivity contribution in [2.45, 2.75) is 65.3 Å². The fourth-order valence-corrected chi connectivity index (χ4v) is 8.29. The number of thiazole rings is 1. The van der Waals surface area contributed by atoms with Gasteiger partial charge in [-0.1, -0.05) is 17.4 Å². The second-order valence-electron chi connectivity index (χ2n) is 10.7. The molecule has 4 fully saturated rings.